The summed E-state index contributed by atoms with van der Waals surface area (Å²) in [7, 11) is 0. The van der Waals surface area contributed by atoms with Crippen LogP contribution < -0.4 is 5.32 Å². The number of halogens is 1. The molecule has 0 saturated carbocycles. The van der Waals surface area contributed by atoms with E-state index >= 15 is 0 Å². The maximum absolute atomic E-state index is 3.41. The zero-order valence-electron chi connectivity index (χ0n) is 7.59. The standard InChI is InChI=1S/C9H18N2.ClH/c1-2-8-11(7-1)9-3-5-10-6-4-9;/h9-10H,1-8H2;1H. The van der Waals surface area contributed by atoms with Crippen LogP contribution in [0.2, 0.25) is 0 Å². The largest absolute Gasteiger partial charge is 0.317 e. The fourth-order valence-corrected chi connectivity index (χ4v) is 2.28. The highest BCUT2D eigenvalue weighted by molar-refractivity contribution is 5.85. The molecule has 3 heteroatoms. The van der Waals surface area contributed by atoms with E-state index < -0.39 is 0 Å². The second-order valence-electron chi connectivity index (χ2n) is 3.72. The fraction of sp³-hybridized carbons (Fsp3) is 1.00. The van der Waals surface area contributed by atoms with E-state index in [0.29, 0.717) is 0 Å². The molecule has 0 spiro atoms. The van der Waals surface area contributed by atoms with E-state index in [4.69, 9.17) is 0 Å². The molecule has 0 aromatic heterocycles. The molecule has 0 bridgehead atoms. The maximum atomic E-state index is 3.41. The zero-order chi connectivity index (χ0) is 7.52. The first kappa shape index (κ1) is 10.3. The summed E-state index contributed by atoms with van der Waals surface area (Å²) in [5.41, 5.74) is 0. The van der Waals surface area contributed by atoms with Crippen LogP contribution in [-0.4, -0.2) is 37.1 Å². The molecule has 0 radical (unpaired) electrons. The molecule has 0 aromatic rings. The lowest BCUT2D eigenvalue weighted by atomic mass is 10.1. The van der Waals surface area contributed by atoms with E-state index in [1.165, 1.54) is 51.9 Å². The van der Waals surface area contributed by atoms with Crippen molar-refractivity contribution in [3.8, 4) is 0 Å². The molecule has 1 N–H and O–H groups in total. The highest BCUT2D eigenvalue weighted by Crippen LogP contribution is 2.17. The Morgan fingerprint density at radius 2 is 1.58 bits per heavy atom. The second kappa shape index (κ2) is 5.05. The van der Waals surface area contributed by atoms with E-state index in [0.717, 1.165) is 6.04 Å². The van der Waals surface area contributed by atoms with Gasteiger partial charge in [-0.1, -0.05) is 0 Å². The Hall–Kier alpha value is 0.210. The SMILES string of the molecule is C1CCN(C2CCNCC2)C1.Cl. The fourth-order valence-electron chi connectivity index (χ4n) is 2.28. The summed E-state index contributed by atoms with van der Waals surface area (Å²) in [6.07, 6.45) is 5.62. The summed E-state index contributed by atoms with van der Waals surface area (Å²) in [5.74, 6) is 0. The number of likely N-dealkylation sites (tertiary alicyclic amines) is 1. The van der Waals surface area contributed by atoms with Gasteiger partial charge in [-0.15, -0.1) is 12.4 Å². The minimum atomic E-state index is 0. The quantitative estimate of drug-likeness (QED) is 0.670. The topological polar surface area (TPSA) is 15.3 Å². The molecular formula is C9H19ClN2. The van der Waals surface area contributed by atoms with Gasteiger partial charge in [0.05, 0.1) is 0 Å². The van der Waals surface area contributed by atoms with Crippen molar-refractivity contribution in [3.05, 3.63) is 0 Å². The molecule has 2 saturated heterocycles. The lowest BCUT2D eigenvalue weighted by molar-refractivity contribution is 0.199. The molecule has 0 amide bonds. The highest BCUT2D eigenvalue weighted by atomic mass is 35.5. The van der Waals surface area contributed by atoms with Gasteiger partial charge in [0.2, 0.25) is 0 Å². The molecule has 0 aliphatic carbocycles. The van der Waals surface area contributed by atoms with Gasteiger partial charge in [0.25, 0.3) is 0 Å². The van der Waals surface area contributed by atoms with Crippen molar-refractivity contribution in [2.75, 3.05) is 26.2 Å². The van der Waals surface area contributed by atoms with Crippen LogP contribution in [0.1, 0.15) is 25.7 Å². The average Bonchev–Trinajstić information content (AvgIpc) is 2.58. The number of nitrogens with one attached hydrogen (secondary N) is 1. The van der Waals surface area contributed by atoms with Gasteiger partial charge in [0, 0.05) is 6.04 Å². The van der Waals surface area contributed by atoms with Gasteiger partial charge in [-0.2, -0.15) is 0 Å². The van der Waals surface area contributed by atoms with Gasteiger partial charge < -0.3 is 10.2 Å². The van der Waals surface area contributed by atoms with Crippen molar-refractivity contribution in [3.63, 3.8) is 0 Å². The summed E-state index contributed by atoms with van der Waals surface area (Å²) >= 11 is 0. The second-order valence-corrected chi connectivity index (χ2v) is 3.72. The normalized spacial score (nSPS) is 27.0. The highest BCUT2D eigenvalue weighted by Gasteiger charge is 2.22. The maximum Gasteiger partial charge on any atom is 0.0119 e. The molecule has 0 unspecified atom stereocenters. The minimum absolute atomic E-state index is 0. The number of hydrogen-bond acceptors (Lipinski definition) is 2. The van der Waals surface area contributed by atoms with Crippen molar-refractivity contribution in [1.29, 1.82) is 0 Å². The van der Waals surface area contributed by atoms with Crippen LogP contribution >= 0.6 is 12.4 Å². The Balaban J connectivity index is 0.000000720. The van der Waals surface area contributed by atoms with E-state index in [-0.39, 0.29) is 12.4 Å². The number of rotatable bonds is 1. The number of piperidine rings is 1. The van der Waals surface area contributed by atoms with E-state index in [2.05, 4.69) is 10.2 Å². The molecule has 2 aliphatic rings. The van der Waals surface area contributed by atoms with Crippen molar-refractivity contribution >= 4 is 12.4 Å². The molecule has 2 aliphatic heterocycles. The molecular weight excluding hydrogens is 172 g/mol. The van der Waals surface area contributed by atoms with Crippen molar-refractivity contribution < 1.29 is 0 Å². The third-order valence-corrected chi connectivity index (χ3v) is 2.97. The molecule has 0 atom stereocenters. The van der Waals surface area contributed by atoms with Crippen LogP contribution in [0.15, 0.2) is 0 Å². The van der Waals surface area contributed by atoms with Crippen LogP contribution in [0.5, 0.6) is 0 Å². The van der Waals surface area contributed by atoms with E-state index in [1.807, 2.05) is 0 Å². The van der Waals surface area contributed by atoms with Crippen LogP contribution in [0.25, 0.3) is 0 Å². The van der Waals surface area contributed by atoms with Crippen molar-refractivity contribution in [2.24, 2.45) is 0 Å². The molecule has 72 valence electrons. The van der Waals surface area contributed by atoms with Gasteiger partial charge >= 0.3 is 0 Å². The van der Waals surface area contributed by atoms with Crippen molar-refractivity contribution in [2.45, 2.75) is 31.7 Å². The summed E-state index contributed by atoms with van der Waals surface area (Å²) in [6.45, 7) is 5.21. The predicted molar refractivity (Wildman–Crippen MR) is 53.9 cm³/mol. The van der Waals surface area contributed by atoms with Crippen LogP contribution in [0.4, 0.5) is 0 Å². The van der Waals surface area contributed by atoms with Crippen LogP contribution in [-0.2, 0) is 0 Å². The number of nitrogens with zero attached hydrogens (tertiary/aromatic N) is 1. The minimum Gasteiger partial charge on any atom is -0.317 e. The third-order valence-electron chi connectivity index (χ3n) is 2.97. The molecule has 2 fully saturated rings. The monoisotopic (exact) mass is 190 g/mol. The number of hydrogen-bond donors (Lipinski definition) is 1. The van der Waals surface area contributed by atoms with E-state index in [9.17, 15) is 0 Å². The lowest BCUT2D eigenvalue weighted by Crippen LogP contribution is -2.41. The Morgan fingerprint density at radius 1 is 1.00 bits per heavy atom. The first-order valence-electron chi connectivity index (χ1n) is 4.91. The molecule has 0 aromatic carbocycles. The molecule has 2 rings (SSSR count). The Labute approximate surface area is 81.1 Å². The summed E-state index contributed by atoms with van der Waals surface area (Å²) in [4.78, 5) is 2.68. The smallest absolute Gasteiger partial charge is 0.0119 e. The van der Waals surface area contributed by atoms with Crippen LogP contribution in [0, 0.1) is 0 Å². The Bertz CT molecular complexity index is 118. The summed E-state index contributed by atoms with van der Waals surface area (Å²) in [5, 5.41) is 3.41. The first-order chi connectivity index (χ1) is 5.47. The Kier molecular flexibility index (Phi) is 4.33. The molecule has 2 nitrogen and oxygen atoms in total. The zero-order valence-corrected chi connectivity index (χ0v) is 8.41. The van der Waals surface area contributed by atoms with Gasteiger partial charge in [0.15, 0.2) is 0 Å². The Morgan fingerprint density at radius 3 is 2.17 bits per heavy atom. The van der Waals surface area contributed by atoms with Crippen LogP contribution in [0.3, 0.4) is 0 Å². The lowest BCUT2D eigenvalue weighted by Gasteiger charge is -2.31. The van der Waals surface area contributed by atoms with E-state index in [1.54, 1.807) is 0 Å². The van der Waals surface area contributed by atoms with Crippen molar-refractivity contribution in [1.82, 2.24) is 10.2 Å². The predicted octanol–water partition coefficient (Wildman–Crippen LogP) is 1.26. The van der Waals surface area contributed by atoms with Gasteiger partial charge in [-0.25, -0.2) is 0 Å². The van der Waals surface area contributed by atoms with Gasteiger partial charge in [-0.05, 0) is 51.9 Å². The first-order valence-corrected chi connectivity index (χ1v) is 4.91. The molecule has 12 heavy (non-hydrogen) atoms. The van der Waals surface area contributed by atoms with Gasteiger partial charge in [-0.3, -0.25) is 0 Å². The molecule has 2 heterocycles. The summed E-state index contributed by atoms with van der Waals surface area (Å²) in [6, 6.07) is 0.916. The van der Waals surface area contributed by atoms with Gasteiger partial charge in [0.1, 0.15) is 0 Å². The summed E-state index contributed by atoms with van der Waals surface area (Å²) < 4.78 is 0. The average molecular weight is 191 g/mol. The third kappa shape index (κ3) is 2.35.